The number of nitrogens with zero attached hydrogens (tertiary/aromatic N) is 5. The first-order valence-electron chi connectivity index (χ1n) is 13.9. The Morgan fingerprint density at radius 3 is 2.88 bits per heavy atom. The van der Waals surface area contributed by atoms with Crippen LogP contribution in [0.25, 0.3) is 21.1 Å². The zero-order valence-electron chi connectivity index (χ0n) is 23.7. The van der Waals surface area contributed by atoms with Gasteiger partial charge in [-0.1, -0.05) is 24.3 Å². The van der Waals surface area contributed by atoms with E-state index in [1.807, 2.05) is 45.3 Å². The summed E-state index contributed by atoms with van der Waals surface area (Å²) < 4.78 is 9.32. The van der Waals surface area contributed by atoms with Crippen LogP contribution in [0.15, 0.2) is 47.8 Å². The summed E-state index contributed by atoms with van der Waals surface area (Å²) in [6.45, 7) is 6.31. The van der Waals surface area contributed by atoms with Gasteiger partial charge in [0.05, 0.1) is 17.6 Å². The van der Waals surface area contributed by atoms with Crippen LogP contribution in [0.1, 0.15) is 53.6 Å². The number of carbonyl (C=O) groups is 1. The quantitative estimate of drug-likeness (QED) is 0.245. The van der Waals surface area contributed by atoms with Gasteiger partial charge in [0.1, 0.15) is 23.2 Å². The lowest BCUT2D eigenvalue weighted by Gasteiger charge is -2.25. The number of hydrogen-bond acceptors (Lipinski definition) is 8. The van der Waals surface area contributed by atoms with Crippen LogP contribution in [0.3, 0.4) is 0 Å². The van der Waals surface area contributed by atoms with E-state index < -0.39 is 5.97 Å². The molecule has 0 saturated heterocycles. The summed E-state index contributed by atoms with van der Waals surface area (Å²) in [5.74, 6) is 0.499. The molecule has 212 valence electrons. The number of carboxylic acids is 1. The lowest BCUT2D eigenvalue weighted by atomic mass is 9.84. The first-order chi connectivity index (χ1) is 19.8. The van der Waals surface area contributed by atoms with Crippen LogP contribution in [-0.2, 0) is 24.9 Å². The van der Waals surface area contributed by atoms with Crippen molar-refractivity contribution in [3.63, 3.8) is 0 Å². The molecule has 10 heteroatoms. The molecule has 0 fully saturated rings. The maximum absolute atomic E-state index is 12.2. The van der Waals surface area contributed by atoms with Crippen molar-refractivity contribution in [3.05, 3.63) is 75.8 Å². The normalized spacial score (nSPS) is 16.3. The Labute approximate surface area is 242 Å². The molecule has 1 aliphatic heterocycles. The zero-order chi connectivity index (χ0) is 28.7. The SMILES string of the molecule is CC[C@@H]1CN(Cc2cc(C(CC(=O)O)c3ccc4c(nnn4C)c3C)cc3ccsc23)Cc2nc(NC)ccc2O1. The molecule has 0 aliphatic carbocycles. The van der Waals surface area contributed by atoms with Crippen LogP contribution in [0.2, 0.25) is 0 Å². The first-order valence-corrected chi connectivity index (χ1v) is 14.8. The highest BCUT2D eigenvalue weighted by atomic mass is 32.1. The molecule has 4 heterocycles. The van der Waals surface area contributed by atoms with Gasteiger partial charge in [0, 0.05) is 44.3 Å². The van der Waals surface area contributed by atoms with Crippen LogP contribution >= 0.6 is 11.3 Å². The molecule has 1 aliphatic rings. The van der Waals surface area contributed by atoms with Crippen LogP contribution in [0.5, 0.6) is 5.75 Å². The Hall–Kier alpha value is -4.02. The third-order valence-corrected chi connectivity index (χ3v) is 9.06. The number of aryl methyl sites for hydroxylation is 2. The summed E-state index contributed by atoms with van der Waals surface area (Å²) in [5.41, 5.74) is 6.76. The Morgan fingerprint density at radius 2 is 2.10 bits per heavy atom. The highest BCUT2D eigenvalue weighted by Crippen LogP contribution is 2.38. The molecule has 2 aromatic carbocycles. The average molecular weight is 571 g/mol. The maximum atomic E-state index is 12.2. The van der Waals surface area contributed by atoms with Crippen molar-refractivity contribution in [2.24, 2.45) is 7.05 Å². The number of hydrogen-bond donors (Lipinski definition) is 2. The van der Waals surface area contributed by atoms with Crippen molar-refractivity contribution in [1.82, 2.24) is 24.9 Å². The smallest absolute Gasteiger partial charge is 0.304 e. The summed E-state index contributed by atoms with van der Waals surface area (Å²) in [5, 5.41) is 24.9. The number of pyridine rings is 1. The molecule has 0 radical (unpaired) electrons. The van der Waals surface area contributed by atoms with E-state index in [1.54, 1.807) is 16.0 Å². The van der Waals surface area contributed by atoms with Crippen molar-refractivity contribution in [3.8, 4) is 5.75 Å². The van der Waals surface area contributed by atoms with Gasteiger partial charge in [-0.05, 0) is 76.7 Å². The van der Waals surface area contributed by atoms with Crippen molar-refractivity contribution in [2.45, 2.75) is 51.8 Å². The van der Waals surface area contributed by atoms with Crippen molar-refractivity contribution in [2.75, 3.05) is 18.9 Å². The molecular formula is C31H34N6O3S. The molecule has 0 bridgehead atoms. The number of benzene rings is 2. The molecule has 41 heavy (non-hydrogen) atoms. The number of rotatable bonds is 8. The molecule has 0 amide bonds. The molecule has 3 aromatic heterocycles. The highest BCUT2D eigenvalue weighted by molar-refractivity contribution is 7.17. The molecule has 5 aromatic rings. The van der Waals surface area contributed by atoms with Crippen molar-refractivity contribution in [1.29, 1.82) is 0 Å². The number of anilines is 1. The van der Waals surface area contributed by atoms with E-state index in [4.69, 9.17) is 9.72 Å². The summed E-state index contributed by atoms with van der Waals surface area (Å²) >= 11 is 1.72. The number of fused-ring (bicyclic) bond motifs is 3. The number of aliphatic carboxylic acids is 1. The molecular weight excluding hydrogens is 536 g/mol. The third-order valence-electron chi connectivity index (χ3n) is 8.05. The Balaban J connectivity index is 1.41. The van der Waals surface area contributed by atoms with E-state index >= 15 is 0 Å². The number of ether oxygens (including phenoxy) is 1. The topological polar surface area (TPSA) is 105 Å². The summed E-state index contributed by atoms with van der Waals surface area (Å²) in [4.78, 5) is 19.4. The van der Waals surface area contributed by atoms with Gasteiger partial charge in [-0.25, -0.2) is 9.67 Å². The molecule has 0 spiro atoms. The van der Waals surface area contributed by atoms with E-state index in [9.17, 15) is 9.90 Å². The van der Waals surface area contributed by atoms with Crippen molar-refractivity contribution < 1.29 is 14.6 Å². The fourth-order valence-corrected chi connectivity index (χ4v) is 6.80. The molecule has 2 N–H and O–H groups in total. The maximum Gasteiger partial charge on any atom is 0.304 e. The molecule has 1 unspecified atom stereocenters. The first kappa shape index (κ1) is 27.2. The third kappa shape index (κ3) is 5.25. The summed E-state index contributed by atoms with van der Waals surface area (Å²) in [6.07, 6.45) is 0.936. The Morgan fingerprint density at radius 1 is 1.24 bits per heavy atom. The summed E-state index contributed by atoms with van der Waals surface area (Å²) in [7, 11) is 3.74. The number of carboxylic acid groups (broad SMARTS) is 1. The molecule has 0 saturated carbocycles. The second-order valence-electron chi connectivity index (χ2n) is 10.7. The Bertz CT molecular complexity index is 1750. The molecule has 9 nitrogen and oxygen atoms in total. The van der Waals surface area contributed by atoms with E-state index in [-0.39, 0.29) is 18.4 Å². The fraction of sp³-hybridized carbons (Fsp3) is 0.355. The van der Waals surface area contributed by atoms with E-state index in [2.05, 4.69) is 51.0 Å². The van der Waals surface area contributed by atoms with Crippen LogP contribution < -0.4 is 10.1 Å². The molecule has 6 rings (SSSR count). The predicted octanol–water partition coefficient (Wildman–Crippen LogP) is 5.71. The Kier molecular flexibility index (Phi) is 7.35. The number of aromatic nitrogens is 4. The van der Waals surface area contributed by atoms with E-state index in [0.717, 1.165) is 63.3 Å². The second kappa shape index (κ2) is 11.1. The van der Waals surface area contributed by atoms with Gasteiger partial charge in [0.15, 0.2) is 0 Å². The van der Waals surface area contributed by atoms with Gasteiger partial charge in [0.25, 0.3) is 0 Å². The monoisotopic (exact) mass is 570 g/mol. The minimum absolute atomic E-state index is 0.0127. The van der Waals surface area contributed by atoms with Crippen molar-refractivity contribution >= 4 is 44.2 Å². The number of thiophene rings is 1. The number of nitrogens with one attached hydrogen (secondary N) is 1. The van der Waals surface area contributed by atoms with Gasteiger partial charge in [-0.15, -0.1) is 16.4 Å². The largest absolute Gasteiger partial charge is 0.487 e. The second-order valence-corrected chi connectivity index (χ2v) is 11.7. The lowest BCUT2D eigenvalue weighted by molar-refractivity contribution is -0.137. The van der Waals surface area contributed by atoms with E-state index in [1.165, 1.54) is 10.3 Å². The minimum atomic E-state index is -0.834. The van der Waals surface area contributed by atoms with Crippen LogP contribution in [-0.4, -0.2) is 55.6 Å². The summed E-state index contributed by atoms with van der Waals surface area (Å²) in [6, 6.07) is 14.5. The van der Waals surface area contributed by atoms with Gasteiger partial charge in [-0.3, -0.25) is 9.69 Å². The van der Waals surface area contributed by atoms with Crippen LogP contribution in [0, 0.1) is 6.92 Å². The van der Waals surface area contributed by atoms with E-state index in [0.29, 0.717) is 13.1 Å². The lowest BCUT2D eigenvalue weighted by Crippen LogP contribution is -2.32. The standard InChI is InChI=1S/C31H34N6O3S/c1-5-22-16-37(17-25-27(40-22)8-9-28(32-3)33-25)15-21-13-20(12-19-10-11-41-31(19)21)24(14-29(38)39)23-6-7-26-30(18(23)2)34-35-36(26)4/h6-13,22,24H,5,14-17H2,1-4H3,(H,32,33)(H,38,39)/t22-,24?/m1/s1. The average Bonchev–Trinajstić information content (AvgIpc) is 3.55. The predicted molar refractivity (Wildman–Crippen MR) is 162 cm³/mol. The fourth-order valence-electron chi connectivity index (χ4n) is 5.91. The van der Waals surface area contributed by atoms with Gasteiger partial charge in [-0.2, -0.15) is 0 Å². The zero-order valence-corrected chi connectivity index (χ0v) is 24.5. The molecule has 2 atom stereocenters. The van der Waals surface area contributed by atoms with Gasteiger partial charge >= 0.3 is 5.97 Å². The highest BCUT2D eigenvalue weighted by Gasteiger charge is 2.26. The minimum Gasteiger partial charge on any atom is -0.487 e. The van der Waals surface area contributed by atoms with Crippen LogP contribution in [0.4, 0.5) is 5.82 Å². The van der Waals surface area contributed by atoms with Gasteiger partial charge < -0.3 is 15.2 Å². The van der Waals surface area contributed by atoms with Gasteiger partial charge in [0.2, 0.25) is 0 Å².